The minimum atomic E-state index is -3.94. The van der Waals surface area contributed by atoms with Crippen LogP contribution in [0.15, 0.2) is 139 Å². The summed E-state index contributed by atoms with van der Waals surface area (Å²) in [7, 11) is -4.63. The van der Waals surface area contributed by atoms with Crippen molar-refractivity contribution in [1.29, 1.82) is 0 Å². The van der Waals surface area contributed by atoms with Gasteiger partial charge in [0.25, 0.3) is 0 Å². The SMILES string of the molecule is CC[C@@H]1CN(Cc2cc(B3OC(C)(C)C(C)(C)O3)cc3c2ncn3C(c2ccccc2)(c2ccccc2)c2ccccc2)S(=O)(=O)c2ccccc2O1. The fourth-order valence-corrected chi connectivity index (χ4v) is 9.24. The molecule has 0 unspecified atom stereocenters. The van der Waals surface area contributed by atoms with Crippen LogP contribution in [0.4, 0.5) is 0 Å². The molecule has 1 atom stereocenters. The first kappa shape index (κ1) is 35.3. The molecular formula is C43H44BN3O5S. The third kappa shape index (κ3) is 5.89. The van der Waals surface area contributed by atoms with Gasteiger partial charge in [0.15, 0.2) is 0 Å². The number of benzene rings is 5. The molecule has 2 aliphatic rings. The fourth-order valence-electron chi connectivity index (χ4n) is 7.66. The van der Waals surface area contributed by atoms with E-state index < -0.39 is 33.9 Å². The van der Waals surface area contributed by atoms with Crippen molar-refractivity contribution in [3.8, 4) is 5.75 Å². The first-order chi connectivity index (χ1) is 25.5. The minimum absolute atomic E-state index is 0.0758. The summed E-state index contributed by atoms with van der Waals surface area (Å²) in [6.07, 6.45) is 2.21. The second kappa shape index (κ2) is 13.3. The molecule has 6 aromatic rings. The van der Waals surface area contributed by atoms with Crippen LogP contribution in [0.5, 0.6) is 5.75 Å². The summed E-state index contributed by atoms with van der Waals surface area (Å²) in [5.74, 6) is 0.376. The van der Waals surface area contributed by atoms with Crippen molar-refractivity contribution in [3.63, 3.8) is 0 Å². The van der Waals surface area contributed by atoms with Crippen molar-refractivity contribution >= 4 is 33.6 Å². The van der Waals surface area contributed by atoms with Gasteiger partial charge in [-0.3, -0.25) is 0 Å². The molecule has 8 rings (SSSR count). The molecule has 270 valence electrons. The topological polar surface area (TPSA) is 82.9 Å². The largest absolute Gasteiger partial charge is 0.494 e. The zero-order chi connectivity index (χ0) is 37.0. The van der Waals surface area contributed by atoms with Gasteiger partial charge in [-0.05, 0) is 80.0 Å². The highest BCUT2D eigenvalue weighted by Crippen LogP contribution is 2.44. The molecule has 0 aliphatic carbocycles. The number of hydrogen-bond acceptors (Lipinski definition) is 6. The van der Waals surface area contributed by atoms with Gasteiger partial charge in [-0.15, -0.1) is 0 Å². The van der Waals surface area contributed by atoms with Gasteiger partial charge < -0.3 is 18.6 Å². The maximum absolute atomic E-state index is 14.4. The smallest absolute Gasteiger partial charge is 0.488 e. The molecule has 8 nitrogen and oxygen atoms in total. The summed E-state index contributed by atoms with van der Waals surface area (Å²) in [5, 5.41) is 0. The lowest BCUT2D eigenvalue weighted by Gasteiger charge is -2.38. The Morgan fingerprint density at radius 1 is 0.774 bits per heavy atom. The van der Waals surface area contributed by atoms with E-state index in [2.05, 4.69) is 83.4 Å². The number of fused-ring (bicyclic) bond motifs is 2. The normalized spacial score (nSPS) is 19.4. The Morgan fingerprint density at radius 3 is 1.85 bits per heavy atom. The molecule has 1 fully saturated rings. The molecule has 0 radical (unpaired) electrons. The van der Waals surface area contributed by atoms with Crippen LogP contribution in [0.2, 0.25) is 0 Å². The van der Waals surface area contributed by atoms with Crippen LogP contribution in [-0.4, -0.2) is 53.2 Å². The average molecular weight is 726 g/mol. The maximum atomic E-state index is 14.4. The van der Waals surface area contributed by atoms with Gasteiger partial charge in [0.1, 0.15) is 22.3 Å². The second-order valence-electron chi connectivity index (χ2n) is 15.0. The van der Waals surface area contributed by atoms with Crippen LogP contribution in [0.1, 0.15) is 63.3 Å². The average Bonchev–Trinajstić information content (AvgIpc) is 3.66. The minimum Gasteiger partial charge on any atom is -0.488 e. The van der Waals surface area contributed by atoms with Gasteiger partial charge in [-0.1, -0.05) is 116 Å². The Hall–Kier alpha value is -4.74. The van der Waals surface area contributed by atoms with Crippen molar-refractivity contribution in [2.75, 3.05) is 6.54 Å². The number of imidazole rings is 1. The van der Waals surface area contributed by atoms with E-state index in [0.29, 0.717) is 17.7 Å². The molecule has 1 aromatic heterocycles. The van der Waals surface area contributed by atoms with E-state index >= 15 is 0 Å². The summed E-state index contributed by atoms with van der Waals surface area (Å²) >= 11 is 0. The lowest BCUT2D eigenvalue weighted by atomic mass is 9.75. The monoisotopic (exact) mass is 725 g/mol. The van der Waals surface area contributed by atoms with Gasteiger partial charge in [0, 0.05) is 6.54 Å². The van der Waals surface area contributed by atoms with Crippen LogP contribution < -0.4 is 10.2 Å². The van der Waals surface area contributed by atoms with E-state index in [1.165, 1.54) is 4.31 Å². The van der Waals surface area contributed by atoms with Gasteiger partial charge in [-0.2, -0.15) is 4.31 Å². The molecule has 0 bridgehead atoms. The van der Waals surface area contributed by atoms with E-state index in [1.807, 2.05) is 65.2 Å². The van der Waals surface area contributed by atoms with Crippen molar-refractivity contribution in [1.82, 2.24) is 13.9 Å². The molecule has 1 saturated heterocycles. The number of ether oxygens (including phenoxy) is 1. The number of hydrogen-bond donors (Lipinski definition) is 0. The zero-order valence-electron chi connectivity index (χ0n) is 30.8. The van der Waals surface area contributed by atoms with Crippen molar-refractivity contribution < 1.29 is 22.5 Å². The fraction of sp³-hybridized carbons (Fsp3) is 0.279. The Morgan fingerprint density at radius 2 is 1.30 bits per heavy atom. The standard InChI is InChI=1S/C43H44BN3O5S/c1-6-36-29-46(53(48,49)39-25-17-16-24-38(39)50-36)28-31-26-35(44-51-41(2,3)42(4,5)52-44)27-37-40(31)45-30-47(37)43(32-18-10-7-11-19-32,33-20-12-8-13-21-33)34-22-14-9-15-23-34/h7-27,30,36H,6,28-29H2,1-5H3/t36-/m1/s1. The molecule has 53 heavy (non-hydrogen) atoms. The van der Waals surface area contributed by atoms with E-state index in [-0.39, 0.29) is 24.1 Å². The summed E-state index contributed by atoms with van der Waals surface area (Å²) in [4.78, 5) is 5.30. The first-order valence-electron chi connectivity index (χ1n) is 18.2. The van der Waals surface area contributed by atoms with Gasteiger partial charge >= 0.3 is 7.12 Å². The highest BCUT2D eigenvalue weighted by atomic mass is 32.2. The Kier molecular flexibility index (Phi) is 8.85. The summed E-state index contributed by atoms with van der Waals surface area (Å²) in [5.41, 5.74) is 4.17. The molecule has 0 saturated carbocycles. The Labute approximate surface area is 312 Å². The molecule has 3 heterocycles. The van der Waals surface area contributed by atoms with Crippen LogP contribution in [-0.2, 0) is 31.4 Å². The third-order valence-corrected chi connectivity index (χ3v) is 13.0. The quantitative estimate of drug-likeness (QED) is 0.119. The summed E-state index contributed by atoms with van der Waals surface area (Å²) < 4.78 is 52.2. The number of sulfonamides is 1. The van der Waals surface area contributed by atoms with Gasteiger partial charge in [0.2, 0.25) is 10.0 Å². The lowest BCUT2D eigenvalue weighted by molar-refractivity contribution is 0.00578. The first-order valence-corrected chi connectivity index (χ1v) is 19.7. The van der Waals surface area contributed by atoms with Crippen molar-refractivity contribution in [3.05, 3.63) is 156 Å². The molecule has 0 spiro atoms. The molecule has 5 aromatic carbocycles. The highest BCUT2D eigenvalue weighted by molar-refractivity contribution is 7.89. The predicted molar refractivity (Wildman–Crippen MR) is 209 cm³/mol. The molecule has 0 amide bonds. The van der Waals surface area contributed by atoms with Crippen LogP contribution in [0.25, 0.3) is 11.0 Å². The van der Waals surface area contributed by atoms with Crippen LogP contribution in [0.3, 0.4) is 0 Å². The number of rotatable bonds is 8. The van der Waals surface area contributed by atoms with Gasteiger partial charge in [0.05, 0.1) is 35.1 Å². The van der Waals surface area contributed by atoms with E-state index in [9.17, 15) is 8.42 Å². The zero-order valence-corrected chi connectivity index (χ0v) is 31.6. The van der Waals surface area contributed by atoms with E-state index in [1.54, 1.807) is 24.3 Å². The van der Waals surface area contributed by atoms with Gasteiger partial charge in [-0.25, -0.2) is 13.4 Å². The summed E-state index contributed by atoms with van der Waals surface area (Å²) in [6, 6.07) is 42.3. The van der Waals surface area contributed by atoms with Crippen LogP contribution in [0, 0.1) is 0 Å². The number of nitrogens with zero attached hydrogens (tertiary/aromatic N) is 3. The lowest BCUT2D eigenvalue weighted by Crippen LogP contribution is -2.41. The van der Waals surface area contributed by atoms with Crippen molar-refractivity contribution in [2.24, 2.45) is 0 Å². The molecule has 2 aliphatic heterocycles. The second-order valence-corrected chi connectivity index (χ2v) is 16.9. The molecule has 10 heteroatoms. The Bertz CT molecular complexity index is 2250. The van der Waals surface area contributed by atoms with Crippen molar-refractivity contribution in [2.45, 2.75) is 75.3 Å². The highest BCUT2D eigenvalue weighted by Gasteiger charge is 2.52. The summed E-state index contributed by atoms with van der Waals surface area (Å²) in [6.45, 7) is 10.4. The Balaban J connectivity index is 1.40. The maximum Gasteiger partial charge on any atom is 0.494 e. The molecule has 0 N–H and O–H groups in total. The third-order valence-electron chi connectivity index (χ3n) is 11.2. The number of para-hydroxylation sites is 1. The molecular weight excluding hydrogens is 681 g/mol. The van der Waals surface area contributed by atoms with E-state index in [4.69, 9.17) is 19.0 Å². The van der Waals surface area contributed by atoms with Crippen LogP contribution >= 0.6 is 0 Å². The predicted octanol–water partition coefficient (Wildman–Crippen LogP) is 7.54. The number of aromatic nitrogens is 2. The van der Waals surface area contributed by atoms with E-state index in [0.717, 1.165) is 33.2 Å².